The summed E-state index contributed by atoms with van der Waals surface area (Å²) in [5.41, 5.74) is 1.18. The molecule has 142 valence electrons. The number of nitrogens with one attached hydrogen (secondary N) is 1. The van der Waals surface area contributed by atoms with Crippen LogP contribution in [0.25, 0.3) is 0 Å². The molecule has 0 amide bonds. The Balaban J connectivity index is 1.63. The Hall–Kier alpha value is -1.89. The minimum Gasteiger partial charge on any atom is -0.351 e. The molecule has 3 rings (SSSR count). The molecular weight excluding hydrogens is 344 g/mol. The van der Waals surface area contributed by atoms with E-state index < -0.39 is 0 Å². The van der Waals surface area contributed by atoms with Gasteiger partial charge in [-0.3, -0.25) is 4.99 Å². The molecule has 2 unspecified atom stereocenters. The van der Waals surface area contributed by atoms with Crippen LogP contribution in [0.4, 0.5) is 0 Å². The molecule has 1 aliphatic rings. The fraction of sp³-hybridized carbons (Fsp3) is 0.632. The fourth-order valence-corrected chi connectivity index (χ4v) is 4.24. The van der Waals surface area contributed by atoms with E-state index in [0.29, 0.717) is 18.5 Å². The van der Waals surface area contributed by atoms with Crippen molar-refractivity contribution >= 4 is 17.3 Å². The van der Waals surface area contributed by atoms with Crippen molar-refractivity contribution in [1.82, 2.24) is 24.8 Å². The highest BCUT2D eigenvalue weighted by molar-refractivity contribution is 7.09. The monoisotopic (exact) mass is 374 g/mol. The molecule has 0 aromatic carbocycles. The van der Waals surface area contributed by atoms with E-state index in [4.69, 9.17) is 4.98 Å². The normalized spacial score (nSPS) is 21.9. The van der Waals surface area contributed by atoms with E-state index in [9.17, 15) is 0 Å². The summed E-state index contributed by atoms with van der Waals surface area (Å²) >= 11 is 1.74. The van der Waals surface area contributed by atoms with Crippen molar-refractivity contribution in [2.24, 2.45) is 10.9 Å². The van der Waals surface area contributed by atoms with Crippen molar-refractivity contribution in [3.8, 4) is 0 Å². The van der Waals surface area contributed by atoms with Crippen LogP contribution in [0.1, 0.15) is 50.9 Å². The lowest BCUT2D eigenvalue weighted by Gasteiger charge is -2.39. The minimum atomic E-state index is 0.103. The molecule has 0 spiro atoms. The predicted octanol–water partition coefficient (Wildman–Crippen LogP) is 3.30. The maximum Gasteiger partial charge on any atom is 0.194 e. The number of imidazole rings is 1. The highest BCUT2D eigenvalue weighted by Gasteiger charge is 2.29. The van der Waals surface area contributed by atoms with Gasteiger partial charge in [0.1, 0.15) is 0 Å². The molecule has 7 heteroatoms. The number of piperidine rings is 1. The Morgan fingerprint density at radius 1 is 1.42 bits per heavy atom. The summed E-state index contributed by atoms with van der Waals surface area (Å²) in [6, 6.07) is 0.427. The van der Waals surface area contributed by atoms with Gasteiger partial charge in [-0.2, -0.15) is 0 Å². The number of guanidine groups is 1. The molecule has 2 aromatic heterocycles. The second-order valence-electron chi connectivity index (χ2n) is 8.08. The molecule has 26 heavy (non-hydrogen) atoms. The summed E-state index contributed by atoms with van der Waals surface area (Å²) < 4.78 is 2.22. The van der Waals surface area contributed by atoms with Crippen molar-refractivity contribution in [1.29, 1.82) is 0 Å². The third-order valence-electron chi connectivity index (χ3n) is 4.96. The first-order valence-corrected chi connectivity index (χ1v) is 10.1. The van der Waals surface area contributed by atoms with Gasteiger partial charge in [-0.05, 0) is 12.3 Å². The van der Waals surface area contributed by atoms with Crippen molar-refractivity contribution in [3.63, 3.8) is 0 Å². The average Bonchev–Trinajstić information content (AvgIpc) is 3.27. The van der Waals surface area contributed by atoms with E-state index in [2.05, 4.69) is 64.0 Å². The Kier molecular flexibility index (Phi) is 5.65. The van der Waals surface area contributed by atoms with Crippen LogP contribution in [-0.4, -0.2) is 45.5 Å². The van der Waals surface area contributed by atoms with Crippen LogP contribution in [-0.2, 0) is 12.0 Å². The van der Waals surface area contributed by atoms with Crippen LogP contribution in [0.3, 0.4) is 0 Å². The predicted molar refractivity (Wildman–Crippen MR) is 108 cm³/mol. The SMILES string of the molecule is CN=C(NCc1csc(C(C)(C)C)n1)N1CCC(C)C(n2ccnc2)C1. The number of nitrogens with zero attached hydrogens (tertiary/aromatic N) is 5. The standard InChI is InChI=1S/C19H30N6S/c1-14-6-8-24(11-16(14)25-9-7-21-13-25)18(20-5)22-10-15-12-26-17(23-15)19(2,3)4/h7,9,12-14,16H,6,8,10-11H2,1-5H3,(H,20,22). The quantitative estimate of drug-likeness (QED) is 0.661. The third-order valence-corrected chi connectivity index (χ3v) is 6.28. The minimum absolute atomic E-state index is 0.103. The number of rotatable bonds is 3. The molecule has 3 heterocycles. The van der Waals surface area contributed by atoms with Gasteiger partial charge in [-0.1, -0.05) is 27.7 Å². The summed E-state index contributed by atoms with van der Waals surface area (Å²) in [7, 11) is 1.86. The molecule has 6 nitrogen and oxygen atoms in total. The molecule has 1 fully saturated rings. The smallest absolute Gasteiger partial charge is 0.194 e. The number of likely N-dealkylation sites (tertiary alicyclic amines) is 1. The topological polar surface area (TPSA) is 58.3 Å². The van der Waals surface area contributed by atoms with E-state index in [1.165, 1.54) is 5.01 Å². The van der Waals surface area contributed by atoms with E-state index in [-0.39, 0.29) is 5.41 Å². The first kappa shape index (κ1) is 18.9. The highest BCUT2D eigenvalue weighted by atomic mass is 32.1. The number of aromatic nitrogens is 3. The van der Waals surface area contributed by atoms with Gasteiger partial charge >= 0.3 is 0 Å². The first-order chi connectivity index (χ1) is 12.4. The lowest BCUT2D eigenvalue weighted by Crippen LogP contribution is -2.48. The van der Waals surface area contributed by atoms with Gasteiger partial charge in [0.05, 0.1) is 29.6 Å². The number of hydrogen-bond donors (Lipinski definition) is 1. The molecule has 2 atom stereocenters. The van der Waals surface area contributed by atoms with Gasteiger partial charge < -0.3 is 14.8 Å². The average molecular weight is 375 g/mol. The molecule has 0 aliphatic carbocycles. The van der Waals surface area contributed by atoms with Crippen LogP contribution >= 0.6 is 11.3 Å². The van der Waals surface area contributed by atoms with Gasteiger partial charge in [0.25, 0.3) is 0 Å². The zero-order valence-electron chi connectivity index (χ0n) is 16.4. The van der Waals surface area contributed by atoms with Gasteiger partial charge in [0.15, 0.2) is 5.96 Å². The molecule has 1 saturated heterocycles. The van der Waals surface area contributed by atoms with Crippen LogP contribution < -0.4 is 5.32 Å². The van der Waals surface area contributed by atoms with Crippen LogP contribution in [0.2, 0.25) is 0 Å². The number of hydrogen-bond acceptors (Lipinski definition) is 4. The lowest BCUT2D eigenvalue weighted by atomic mass is 9.93. The lowest BCUT2D eigenvalue weighted by molar-refractivity contribution is 0.189. The third kappa shape index (κ3) is 4.26. The van der Waals surface area contributed by atoms with Gasteiger partial charge in [0.2, 0.25) is 0 Å². The van der Waals surface area contributed by atoms with Crippen LogP contribution in [0.15, 0.2) is 29.1 Å². The zero-order chi connectivity index (χ0) is 18.7. The molecule has 2 aromatic rings. The van der Waals surface area contributed by atoms with Crippen LogP contribution in [0.5, 0.6) is 0 Å². The molecule has 0 bridgehead atoms. The van der Waals surface area contributed by atoms with Crippen molar-refractivity contribution in [3.05, 3.63) is 34.8 Å². The Morgan fingerprint density at radius 2 is 2.23 bits per heavy atom. The van der Waals surface area contributed by atoms with Gasteiger partial charge in [0, 0.05) is 43.3 Å². The Bertz CT molecular complexity index is 728. The molecular formula is C19H30N6S. The molecule has 0 saturated carbocycles. The summed E-state index contributed by atoms with van der Waals surface area (Å²) in [6.07, 6.45) is 6.98. The molecule has 0 radical (unpaired) electrons. The zero-order valence-corrected chi connectivity index (χ0v) is 17.3. The second-order valence-corrected chi connectivity index (χ2v) is 8.94. The number of aliphatic imine (C=N–C) groups is 1. The Morgan fingerprint density at radius 3 is 2.85 bits per heavy atom. The first-order valence-electron chi connectivity index (χ1n) is 9.26. The number of thiazole rings is 1. The fourth-order valence-electron chi connectivity index (χ4n) is 3.33. The maximum absolute atomic E-state index is 4.77. The maximum atomic E-state index is 4.77. The van der Waals surface area contributed by atoms with E-state index >= 15 is 0 Å². The highest BCUT2D eigenvalue weighted by Crippen LogP contribution is 2.28. The van der Waals surface area contributed by atoms with E-state index in [0.717, 1.165) is 31.2 Å². The van der Waals surface area contributed by atoms with Crippen LogP contribution in [0, 0.1) is 5.92 Å². The summed E-state index contributed by atoms with van der Waals surface area (Å²) in [5, 5.41) is 6.82. The molecule has 1 aliphatic heterocycles. The van der Waals surface area contributed by atoms with Gasteiger partial charge in [-0.15, -0.1) is 11.3 Å². The van der Waals surface area contributed by atoms with Crippen molar-refractivity contribution in [2.75, 3.05) is 20.1 Å². The largest absolute Gasteiger partial charge is 0.351 e. The second kappa shape index (κ2) is 7.78. The summed E-state index contributed by atoms with van der Waals surface area (Å²) in [4.78, 5) is 15.8. The van der Waals surface area contributed by atoms with E-state index in [1.807, 2.05) is 19.6 Å². The molecule has 1 N–H and O–H groups in total. The summed E-state index contributed by atoms with van der Waals surface area (Å²) in [5.74, 6) is 1.58. The van der Waals surface area contributed by atoms with Gasteiger partial charge in [-0.25, -0.2) is 9.97 Å². The summed E-state index contributed by atoms with van der Waals surface area (Å²) in [6.45, 7) is 11.6. The van der Waals surface area contributed by atoms with E-state index in [1.54, 1.807) is 11.3 Å². The van der Waals surface area contributed by atoms with Crippen molar-refractivity contribution in [2.45, 2.75) is 52.1 Å². The Labute approximate surface area is 160 Å². The van der Waals surface area contributed by atoms with Crippen molar-refractivity contribution < 1.29 is 0 Å².